The van der Waals surface area contributed by atoms with Crippen LogP contribution in [0.15, 0.2) is 59.4 Å². The van der Waals surface area contributed by atoms with Crippen LogP contribution in [-0.4, -0.2) is 20.7 Å². The van der Waals surface area contributed by atoms with E-state index in [4.69, 9.17) is 11.6 Å². The van der Waals surface area contributed by atoms with Gasteiger partial charge in [-0.15, -0.1) is 0 Å². The maximum absolute atomic E-state index is 12.2. The highest BCUT2D eigenvalue weighted by molar-refractivity contribution is 6.30. The summed E-state index contributed by atoms with van der Waals surface area (Å²) in [6, 6.07) is 15.4. The first-order valence-corrected chi connectivity index (χ1v) is 7.97. The quantitative estimate of drug-likeness (QED) is 0.781. The maximum Gasteiger partial charge on any atom is 0.267 e. The first kappa shape index (κ1) is 16.9. The molecule has 0 bridgehead atoms. The van der Waals surface area contributed by atoms with E-state index in [9.17, 15) is 9.59 Å². The number of hydrogen-bond donors (Lipinski definition) is 1. The average Bonchev–Trinajstić information content (AvgIpc) is 2.57. The van der Waals surface area contributed by atoms with Crippen LogP contribution in [0.1, 0.15) is 5.69 Å². The van der Waals surface area contributed by atoms with Gasteiger partial charge in [0.25, 0.3) is 5.56 Å². The predicted molar refractivity (Wildman–Crippen MR) is 96.5 cm³/mol. The molecule has 25 heavy (non-hydrogen) atoms. The molecule has 0 aliphatic heterocycles. The minimum absolute atomic E-state index is 0.199. The van der Waals surface area contributed by atoms with Gasteiger partial charge in [0.2, 0.25) is 5.91 Å². The van der Waals surface area contributed by atoms with Gasteiger partial charge in [-0.2, -0.15) is 5.10 Å². The highest BCUT2D eigenvalue weighted by Crippen LogP contribution is 2.18. The van der Waals surface area contributed by atoms with Gasteiger partial charge in [0.05, 0.1) is 5.69 Å². The van der Waals surface area contributed by atoms with Crippen LogP contribution >= 0.6 is 11.6 Å². The Hall–Kier alpha value is -2.99. The number of carbonyl (C=O) groups excluding carboxylic acids is 1. The second-order valence-electron chi connectivity index (χ2n) is 5.43. The first-order valence-electron chi connectivity index (χ1n) is 7.59. The van der Waals surface area contributed by atoms with E-state index >= 15 is 0 Å². The zero-order chi connectivity index (χ0) is 17.8. The molecule has 0 atom stereocenters. The summed E-state index contributed by atoms with van der Waals surface area (Å²) >= 11 is 5.88. The number of anilines is 1. The lowest BCUT2D eigenvalue weighted by atomic mass is 10.1. The Morgan fingerprint density at radius 3 is 2.60 bits per heavy atom. The molecule has 0 saturated carbocycles. The van der Waals surface area contributed by atoms with Crippen LogP contribution in [0.3, 0.4) is 0 Å². The molecule has 0 spiro atoms. The molecule has 1 N–H and O–H groups in total. The highest BCUT2D eigenvalue weighted by atomic mass is 35.5. The van der Waals surface area contributed by atoms with Crippen LogP contribution < -0.4 is 10.9 Å². The van der Waals surface area contributed by atoms with Crippen molar-refractivity contribution in [2.45, 2.75) is 13.5 Å². The fourth-order valence-corrected chi connectivity index (χ4v) is 2.39. The molecule has 3 rings (SSSR count). The van der Waals surface area contributed by atoms with Crippen LogP contribution in [-0.2, 0) is 11.3 Å². The Balaban J connectivity index is 1.80. The van der Waals surface area contributed by atoms with Crippen molar-refractivity contribution >= 4 is 23.3 Å². The molecule has 7 heteroatoms. The third-order valence-corrected chi connectivity index (χ3v) is 3.71. The Bertz CT molecular complexity index is 967. The van der Waals surface area contributed by atoms with Gasteiger partial charge in [-0.1, -0.05) is 29.8 Å². The summed E-state index contributed by atoms with van der Waals surface area (Å²) in [6.07, 6.45) is 0. The molecule has 2 aromatic heterocycles. The summed E-state index contributed by atoms with van der Waals surface area (Å²) in [6.45, 7) is 1.63. The average molecular weight is 355 g/mol. The number of nitrogens with one attached hydrogen (secondary N) is 1. The lowest BCUT2D eigenvalue weighted by molar-refractivity contribution is -0.117. The lowest BCUT2D eigenvalue weighted by Gasteiger charge is -2.08. The number of rotatable bonds is 4. The molecule has 0 fully saturated rings. The van der Waals surface area contributed by atoms with Crippen molar-refractivity contribution in [1.82, 2.24) is 14.8 Å². The Labute approximate surface area is 149 Å². The summed E-state index contributed by atoms with van der Waals surface area (Å²) in [4.78, 5) is 28.4. The number of benzene rings is 1. The highest BCUT2D eigenvalue weighted by Gasteiger charge is 2.09. The standard InChI is InChI=1S/C18H15ClN4O2/c1-12-3-2-4-16(20-12)21-17(24)11-23-18(25)10-9-15(22-23)13-5-7-14(19)8-6-13/h2-10H,11H2,1H3,(H,20,21,24). The van der Waals surface area contributed by atoms with E-state index in [0.29, 0.717) is 16.5 Å². The van der Waals surface area contributed by atoms with E-state index in [1.54, 1.807) is 42.5 Å². The van der Waals surface area contributed by atoms with E-state index in [1.165, 1.54) is 6.07 Å². The van der Waals surface area contributed by atoms with Crippen molar-refractivity contribution in [3.63, 3.8) is 0 Å². The van der Waals surface area contributed by atoms with Gasteiger partial charge in [-0.3, -0.25) is 9.59 Å². The third-order valence-electron chi connectivity index (χ3n) is 3.46. The number of aryl methyl sites for hydroxylation is 1. The third kappa shape index (κ3) is 4.30. The van der Waals surface area contributed by atoms with Gasteiger partial charge in [-0.25, -0.2) is 9.67 Å². The van der Waals surface area contributed by atoms with E-state index in [2.05, 4.69) is 15.4 Å². The molecule has 0 aliphatic rings. The van der Waals surface area contributed by atoms with Gasteiger partial charge in [0, 0.05) is 22.3 Å². The number of halogens is 1. The Morgan fingerprint density at radius 1 is 1.12 bits per heavy atom. The Kier molecular flexibility index (Phi) is 4.90. The summed E-state index contributed by atoms with van der Waals surface area (Å²) in [5, 5.41) is 7.52. The van der Waals surface area contributed by atoms with E-state index in [0.717, 1.165) is 15.9 Å². The molecule has 1 amide bonds. The van der Waals surface area contributed by atoms with Crippen molar-refractivity contribution in [3.8, 4) is 11.3 Å². The SMILES string of the molecule is Cc1cccc(NC(=O)Cn2nc(-c3ccc(Cl)cc3)ccc2=O)n1. The number of amides is 1. The van der Waals surface area contributed by atoms with E-state index in [-0.39, 0.29) is 18.0 Å². The van der Waals surface area contributed by atoms with E-state index in [1.807, 2.05) is 13.0 Å². The number of aromatic nitrogens is 3. The lowest BCUT2D eigenvalue weighted by Crippen LogP contribution is -2.29. The largest absolute Gasteiger partial charge is 0.309 e. The Morgan fingerprint density at radius 2 is 1.88 bits per heavy atom. The molecular weight excluding hydrogens is 340 g/mol. The molecule has 3 aromatic rings. The van der Waals surface area contributed by atoms with Gasteiger partial charge in [0.15, 0.2) is 0 Å². The molecular formula is C18H15ClN4O2. The predicted octanol–water partition coefficient (Wildman–Crippen LogP) is 2.91. The van der Waals surface area contributed by atoms with Crippen molar-refractivity contribution in [2.75, 3.05) is 5.32 Å². The number of nitrogens with zero attached hydrogens (tertiary/aromatic N) is 3. The molecule has 0 unspecified atom stereocenters. The van der Waals surface area contributed by atoms with Crippen molar-refractivity contribution in [3.05, 3.63) is 75.7 Å². The summed E-state index contributed by atoms with van der Waals surface area (Å²) in [7, 11) is 0. The van der Waals surface area contributed by atoms with Crippen molar-refractivity contribution in [2.24, 2.45) is 0 Å². The number of carbonyl (C=O) groups is 1. The summed E-state index contributed by atoms with van der Waals surface area (Å²) < 4.78 is 1.12. The molecule has 0 radical (unpaired) electrons. The molecule has 6 nitrogen and oxygen atoms in total. The van der Waals surface area contributed by atoms with Gasteiger partial charge in [0.1, 0.15) is 12.4 Å². The van der Waals surface area contributed by atoms with E-state index < -0.39 is 0 Å². The van der Waals surface area contributed by atoms with Crippen molar-refractivity contribution in [1.29, 1.82) is 0 Å². The fraction of sp³-hybridized carbons (Fsp3) is 0.111. The van der Waals surface area contributed by atoms with Crippen LogP contribution in [0.5, 0.6) is 0 Å². The topological polar surface area (TPSA) is 76.9 Å². The van der Waals surface area contributed by atoms with Crippen molar-refractivity contribution < 1.29 is 4.79 Å². The fourth-order valence-electron chi connectivity index (χ4n) is 2.27. The summed E-state index contributed by atoms with van der Waals surface area (Å²) in [5.74, 6) is 0.0628. The van der Waals surface area contributed by atoms with Gasteiger partial charge < -0.3 is 5.32 Å². The monoisotopic (exact) mass is 354 g/mol. The number of pyridine rings is 1. The zero-order valence-corrected chi connectivity index (χ0v) is 14.2. The normalized spacial score (nSPS) is 10.5. The molecule has 0 saturated heterocycles. The zero-order valence-electron chi connectivity index (χ0n) is 13.4. The van der Waals surface area contributed by atoms with Gasteiger partial charge >= 0.3 is 0 Å². The minimum atomic E-state index is -0.374. The number of hydrogen-bond acceptors (Lipinski definition) is 4. The molecule has 126 valence electrons. The molecule has 2 heterocycles. The van der Waals surface area contributed by atoms with Crippen LogP contribution in [0, 0.1) is 6.92 Å². The minimum Gasteiger partial charge on any atom is -0.309 e. The molecule has 0 aliphatic carbocycles. The molecule has 1 aromatic carbocycles. The first-order chi connectivity index (χ1) is 12.0. The van der Waals surface area contributed by atoms with Crippen LogP contribution in [0.2, 0.25) is 5.02 Å². The smallest absolute Gasteiger partial charge is 0.267 e. The van der Waals surface area contributed by atoms with Gasteiger partial charge in [-0.05, 0) is 37.3 Å². The second-order valence-corrected chi connectivity index (χ2v) is 5.87. The van der Waals surface area contributed by atoms with Crippen LogP contribution in [0.25, 0.3) is 11.3 Å². The summed E-state index contributed by atoms with van der Waals surface area (Å²) in [5.41, 5.74) is 1.82. The maximum atomic E-state index is 12.2. The van der Waals surface area contributed by atoms with Crippen LogP contribution in [0.4, 0.5) is 5.82 Å². The second kappa shape index (κ2) is 7.27.